The van der Waals surface area contributed by atoms with Crippen molar-refractivity contribution in [2.24, 2.45) is 10.9 Å². The van der Waals surface area contributed by atoms with Crippen LogP contribution < -0.4 is 10.2 Å². The Morgan fingerprint density at radius 1 is 1.29 bits per heavy atom. The summed E-state index contributed by atoms with van der Waals surface area (Å²) < 4.78 is 4.41. The monoisotopic (exact) mass is 534 g/mol. The minimum atomic E-state index is 0. The van der Waals surface area contributed by atoms with Crippen molar-refractivity contribution in [1.82, 2.24) is 19.6 Å². The number of nitrogens with one attached hydrogen (secondary N) is 1. The second-order valence-electron chi connectivity index (χ2n) is 6.90. The fourth-order valence-electron chi connectivity index (χ4n) is 3.13. The van der Waals surface area contributed by atoms with Crippen LogP contribution >= 0.6 is 46.8 Å². The van der Waals surface area contributed by atoms with Crippen LogP contribution in [0, 0.1) is 5.92 Å². The van der Waals surface area contributed by atoms with Gasteiger partial charge in [-0.05, 0) is 30.7 Å². The molecule has 6 nitrogen and oxygen atoms in total. The molecular weight excluding hydrogens is 503 g/mol. The molecule has 1 unspecified atom stereocenters. The van der Waals surface area contributed by atoms with E-state index in [4.69, 9.17) is 4.99 Å². The third kappa shape index (κ3) is 6.55. The van der Waals surface area contributed by atoms with Gasteiger partial charge in [-0.3, -0.25) is 4.99 Å². The first-order valence-corrected chi connectivity index (χ1v) is 11.5. The quantitative estimate of drug-likeness (QED) is 0.333. The van der Waals surface area contributed by atoms with Crippen molar-refractivity contribution in [2.75, 3.05) is 44.2 Å². The highest BCUT2D eigenvalue weighted by Gasteiger charge is 2.22. The molecule has 1 N–H and O–H groups in total. The molecule has 0 bridgehead atoms. The van der Waals surface area contributed by atoms with Gasteiger partial charge >= 0.3 is 0 Å². The summed E-state index contributed by atoms with van der Waals surface area (Å²) in [5.41, 5.74) is 0. The molecular formula is C19H31IN6S2. The molecule has 0 saturated carbocycles. The minimum Gasteiger partial charge on any atom is -0.357 e. The van der Waals surface area contributed by atoms with E-state index in [-0.39, 0.29) is 24.0 Å². The van der Waals surface area contributed by atoms with E-state index in [0.29, 0.717) is 5.92 Å². The van der Waals surface area contributed by atoms with Gasteiger partial charge in [-0.2, -0.15) is 4.37 Å². The van der Waals surface area contributed by atoms with Crippen LogP contribution in [0.5, 0.6) is 0 Å². The minimum absolute atomic E-state index is 0. The Kier molecular flexibility index (Phi) is 9.93. The lowest BCUT2D eigenvalue weighted by molar-refractivity contribution is 0.371. The molecule has 156 valence electrons. The number of halogens is 1. The summed E-state index contributed by atoms with van der Waals surface area (Å²) in [6.45, 7) is 12.1. The van der Waals surface area contributed by atoms with E-state index in [2.05, 4.69) is 62.8 Å². The summed E-state index contributed by atoms with van der Waals surface area (Å²) >= 11 is 3.35. The molecule has 0 spiro atoms. The van der Waals surface area contributed by atoms with Crippen LogP contribution in [0.3, 0.4) is 0 Å². The number of nitrogens with zero attached hydrogens (tertiary/aromatic N) is 5. The molecule has 28 heavy (non-hydrogen) atoms. The first-order valence-electron chi connectivity index (χ1n) is 9.82. The second kappa shape index (κ2) is 11.9. The average molecular weight is 535 g/mol. The van der Waals surface area contributed by atoms with Gasteiger partial charge < -0.3 is 15.1 Å². The highest BCUT2D eigenvalue weighted by Crippen LogP contribution is 2.19. The fourth-order valence-corrected chi connectivity index (χ4v) is 4.80. The third-order valence-corrected chi connectivity index (χ3v) is 6.35. The van der Waals surface area contributed by atoms with Gasteiger partial charge in [-0.1, -0.05) is 19.9 Å². The molecule has 3 heterocycles. The van der Waals surface area contributed by atoms with Gasteiger partial charge in [-0.25, -0.2) is 4.98 Å². The van der Waals surface area contributed by atoms with Gasteiger partial charge in [0.1, 0.15) is 5.82 Å². The molecule has 1 fully saturated rings. The Morgan fingerprint density at radius 2 is 2.07 bits per heavy atom. The zero-order valence-electron chi connectivity index (χ0n) is 16.9. The molecule has 2 aromatic rings. The number of aryl methyl sites for hydroxylation is 1. The summed E-state index contributed by atoms with van der Waals surface area (Å²) in [6.07, 6.45) is 2.00. The molecule has 0 radical (unpaired) electrons. The molecule has 0 aromatic carbocycles. The summed E-state index contributed by atoms with van der Waals surface area (Å²) in [7, 11) is 0. The Labute approximate surface area is 193 Å². The lowest BCUT2D eigenvalue weighted by atomic mass is 10.1. The maximum absolute atomic E-state index is 4.92. The number of aromatic nitrogens is 2. The van der Waals surface area contributed by atoms with Gasteiger partial charge in [-0.15, -0.1) is 35.3 Å². The van der Waals surface area contributed by atoms with Crippen molar-refractivity contribution in [1.29, 1.82) is 0 Å². The molecule has 9 heteroatoms. The van der Waals surface area contributed by atoms with E-state index in [1.165, 1.54) is 16.4 Å². The number of thiophene rings is 1. The van der Waals surface area contributed by atoms with Crippen molar-refractivity contribution >= 4 is 57.9 Å². The first kappa shape index (κ1) is 23.3. The molecule has 3 rings (SSSR count). The molecule has 0 amide bonds. The second-order valence-corrected chi connectivity index (χ2v) is 8.67. The van der Waals surface area contributed by atoms with Gasteiger partial charge in [0.25, 0.3) is 0 Å². The molecule has 1 saturated heterocycles. The summed E-state index contributed by atoms with van der Waals surface area (Å²) in [6, 6.07) is 4.34. The number of hydrogen-bond donors (Lipinski definition) is 1. The van der Waals surface area contributed by atoms with Crippen LogP contribution in [0.2, 0.25) is 0 Å². The molecule has 0 aliphatic carbocycles. The number of guanidine groups is 1. The third-order valence-electron chi connectivity index (χ3n) is 4.64. The van der Waals surface area contributed by atoms with Crippen molar-refractivity contribution in [3.8, 4) is 0 Å². The number of anilines is 1. The Morgan fingerprint density at radius 3 is 2.68 bits per heavy atom. The van der Waals surface area contributed by atoms with Crippen LogP contribution in [0.15, 0.2) is 22.5 Å². The summed E-state index contributed by atoms with van der Waals surface area (Å²) in [5.74, 6) is 2.54. The maximum atomic E-state index is 4.92. The number of rotatable bonds is 7. The van der Waals surface area contributed by atoms with Crippen molar-refractivity contribution in [3.05, 3.63) is 28.2 Å². The summed E-state index contributed by atoms with van der Waals surface area (Å²) in [4.78, 5) is 15.7. The molecule has 1 aliphatic rings. The normalized spacial score (nSPS) is 16.0. The summed E-state index contributed by atoms with van der Waals surface area (Å²) in [5, 5.41) is 6.67. The van der Waals surface area contributed by atoms with Crippen LogP contribution in [0.25, 0.3) is 0 Å². The maximum Gasteiger partial charge on any atom is 0.205 e. The highest BCUT2D eigenvalue weighted by atomic mass is 127. The SMILES string of the molecule is CCNC(=NCC(C)Cc1cccs1)N1CCN(c2nc(CC)ns2)CC1.I. The molecule has 1 aliphatic heterocycles. The fraction of sp³-hybridized carbons (Fsp3) is 0.632. The predicted molar refractivity (Wildman–Crippen MR) is 132 cm³/mol. The number of hydrogen-bond acceptors (Lipinski definition) is 6. The standard InChI is InChI=1S/C19H30N6S2.HI/c1-4-17-22-19(27-23-17)25-10-8-24(9-11-25)18(20-5-2)21-14-15(3)13-16-7-6-12-26-16;/h6-7,12,15H,4-5,8-11,13-14H2,1-3H3,(H,20,21);1H. The largest absolute Gasteiger partial charge is 0.357 e. The van der Waals surface area contributed by atoms with Crippen LogP contribution in [-0.4, -0.2) is 59.5 Å². The topological polar surface area (TPSA) is 56.7 Å². The lowest BCUT2D eigenvalue weighted by Gasteiger charge is -2.36. The van der Waals surface area contributed by atoms with E-state index >= 15 is 0 Å². The number of aliphatic imine (C=N–C) groups is 1. The Bertz CT molecular complexity index is 710. The van der Waals surface area contributed by atoms with Crippen LogP contribution in [-0.2, 0) is 12.8 Å². The Balaban J connectivity index is 0.00000280. The van der Waals surface area contributed by atoms with Crippen LogP contribution in [0.1, 0.15) is 31.5 Å². The van der Waals surface area contributed by atoms with E-state index in [9.17, 15) is 0 Å². The molecule has 2 aromatic heterocycles. The highest BCUT2D eigenvalue weighted by molar-refractivity contribution is 14.0. The lowest BCUT2D eigenvalue weighted by Crippen LogP contribution is -2.52. The average Bonchev–Trinajstić information content (AvgIpc) is 3.37. The smallest absolute Gasteiger partial charge is 0.205 e. The van der Waals surface area contributed by atoms with E-state index in [0.717, 1.165) is 69.0 Å². The van der Waals surface area contributed by atoms with Gasteiger partial charge in [0.15, 0.2) is 5.96 Å². The zero-order valence-corrected chi connectivity index (χ0v) is 20.9. The van der Waals surface area contributed by atoms with E-state index in [1.54, 1.807) is 0 Å². The molecule has 1 atom stereocenters. The predicted octanol–water partition coefficient (Wildman–Crippen LogP) is 3.75. The number of piperazine rings is 1. The van der Waals surface area contributed by atoms with Gasteiger partial charge in [0, 0.05) is 62.1 Å². The van der Waals surface area contributed by atoms with Gasteiger partial charge in [0.05, 0.1) is 0 Å². The van der Waals surface area contributed by atoms with Gasteiger partial charge in [0.2, 0.25) is 5.13 Å². The van der Waals surface area contributed by atoms with Crippen molar-refractivity contribution in [3.63, 3.8) is 0 Å². The van der Waals surface area contributed by atoms with Crippen molar-refractivity contribution < 1.29 is 0 Å². The van der Waals surface area contributed by atoms with Crippen LogP contribution in [0.4, 0.5) is 5.13 Å². The zero-order chi connectivity index (χ0) is 19.1. The van der Waals surface area contributed by atoms with E-state index in [1.807, 2.05) is 11.3 Å². The van der Waals surface area contributed by atoms with E-state index < -0.39 is 0 Å². The Hall–Kier alpha value is -0.940. The first-order chi connectivity index (χ1) is 13.2. The van der Waals surface area contributed by atoms with Crippen molar-refractivity contribution in [2.45, 2.75) is 33.6 Å².